The molecular formula is C11H12BO6-. The number of benzene rings is 1. The van der Waals surface area contributed by atoms with E-state index in [1.807, 2.05) is 0 Å². The number of carbonyl (C=O) groups is 1. The Morgan fingerprint density at radius 1 is 1.50 bits per heavy atom. The third kappa shape index (κ3) is 1.41. The lowest BCUT2D eigenvalue weighted by atomic mass is 9.68. The van der Waals surface area contributed by atoms with E-state index in [1.165, 1.54) is 7.11 Å². The summed E-state index contributed by atoms with van der Waals surface area (Å²) in [5.74, 6) is -1.41. The molecule has 7 heteroatoms. The van der Waals surface area contributed by atoms with Gasteiger partial charge in [-0.3, -0.25) is 0 Å². The number of fused-ring (bicyclic) bond motifs is 3. The molecule has 3 rings (SSSR count). The van der Waals surface area contributed by atoms with Gasteiger partial charge in [-0.1, -0.05) is 18.3 Å². The van der Waals surface area contributed by atoms with E-state index in [0.29, 0.717) is 12.0 Å². The molecule has 0 aromatic heterocycles. The summed E-state index contributed by atoms with van der Waals surface area (Å²) in [5.41, 5.74) is 0.550. The summed E-state index contributed by atoms with van der Waals surface area (Å²) in [7, 11) is 1.35. The van der Waals surface area contributed by atoms with Crippen molar-refractivity contribution in [1.82, 2.24) is 0 Å². The Labute approximate surface area is 103 Å². The molecule has 2 unspecified atom stereocenters. The van der Waals surface area contributed by atoms with Crippen LogP contribution in [0, 0.1) is 0 Å². The monoisotopic (exact) mass is 251 g/mol. The van der Waals surface area contributed by atoms with Gasteiger partial charge in [0.15, 0.2) is 0 Å². The lowest BCUT2D eigenvalue weighted by Crippen LogP contribution is -2.45. The molecule has 96 valence electrons. The number of hydrogen-bond donors (Lipinski definition) is 3. The van der Waals surface area contributed by atoms with Gasteiger partial charge in [-0.05, 0) is 17.5 Å². The maximum Gasteiger partial charge on any atom is 0.434 e. The molecule has 1 heterocycles. The smallest absolute Gasteiger partial charge is 0.434 e. The van der Waals surface area contributed by atoms with Gasteiger partial charge in [0.2, 0.25) is 0 Å². The van der Waals surface area contributed by atoms with E-state index in [4.69, 9.17) is 9.39 Å². The van der Waals surface area contributed by atoms with Crippen molar-refractivity contribution in [2.24, 2.45) is 0 Å². The molecule has 1 aromatic rings. The largest absolute Gasteiger partial charge is 0.669 e. The Kier molecular flexibility index (Phi) is 2.15. The first kappa shape index (κ1) is 11.4. The Hall–Kier alpha value is -1.73. The van der Waals surface area contributed by atoms with E-state index in [9.17, 15) is 19.9 Å². The average molecular weight is 251 g/mol. The fourth-order valence-corrected chi connectivity index (χ4v) is 2.69. The summed E-state index contributed by atoms with van der Waals surface area (Å²) >= 11 is 0. The Morgan fingerprint density at radius 3 is 2.83 bits per heavy atom. The Balaban J connectivity index is 2.20. The highest BCUT2D eigenvalue weighted by atomic mass is 16.6. The van der Waals surface area contributed by atoms with Crippen LogP contribution in [0.5, 0.6) is 11.5 Å². The molecule has 0 amide bonds. The van der Waals surface area contributed by atoms with Crippen molar-refractivity contribution in [3.05, 3.63) is 23.3 Å². The van der Waals surface area contributed by atoms with Crippen molar-refractivity contribution < 1.29 is 29.3 Å². The molecule has 3 N–H and O–H groups in total. The van der Waals surface area contributed by atoms with Crippen LogP contribution in [0.1, 0.15) is 28.3 Å². The van der Waals surface area contributed by atoms with E-state index in [0.717, 1.165) is 0 Å². The number of carboxylic acid groups (broad SMARTS) is 1. The van der Waals surface area contributed by atoms with Gasteiger partial charge in [0, 0.05) is 0 Å². The van der Waals surface area contributed by atoms with Crippen molar-refractivity contribution in [1.29, 1.82) is 0 Å². The number of hydrogen-bond acceptors (Lipinski definition) is 5. The van der Waals surface area contributed by atoms with Crippen LogP contribution in [0.25, 0.3) is 0 Å². The van der Waals surface area contributed by atoms with Gasteiger partial charge in [-0.25, -0.2) is 4.79 Å². The van der Waals surface area contributed by atoms with Crippen molar-refractivity contribution in [3.8, 4) is 11.5 Å². The summed E-state index contributed by atoms with van der Waals surface area (Å²) in [6.45, 7) is -2.97. The van der Waals surface area contributed by atoms with Crippen LogP contribution in [0.2, 0.25) is 5.82 Å². The third-order valence-electron chi connectivity index (χ3n) is 3.67. The van der Waals surface area contributed by atoms with Gasteiger partial charge in [0.1, 0.15) is 11.3 Å². The lowest BCUT2D eigenvalue weighted by Gasteiger charge is -2.37. The van der Waals surface area contributed by atoms with Gasteiger partial charge in [0.25, 0.3) is 0 Å². The zero-order valence-electron chi connectivity index (χ0n) is 9.66. The normalized spacial score (nSPS) is 26.6. The third-order valence-corrected chi connectivity index (χ3v) is 3.67. The van der Waals surface area contributed by atoms with E-state index >= 15 is 0 Å². The van der Waals surface area contributed by atoms with Crippen LogP contribution in [0.4, 0.5) is 0 Å². The van der Waals surface area contributed by atoms with E-state index < -0.39 is 12.7 Å². The van der Waals surface area contributed by atoms with Crippen LogP contribution in [-0.2, 0) is 0 Å². The number of carboxylic acids is 1. The Bertz CT molecular complexity index is 541. The van der Waals surface area contributed by atoms with Crippen LogP contribution in [-0.4, -0.2) is 35.0 Å². The number of rotatable bonds is 2. The number of methoxy groups -OCH3 is 1. The van der Waals surface area contributed by atoms with Gasteiger partial charge >= 0.3 is 12.7 Å². The van der Waals surface area contributed by atoms with Crippen LogP contribution in [0.15, 0.2) is 12.1 Å². The predicted octanol–water partition coefficient (Wildman–Crippen LogP) is 0.567. The van der Waals surface area contributed by atoms with Gasteiger partial charge in [0.05, 0.1) is 12.9 Å². The molecule has 2 aliphatic rings. The van der Waals surface area contributed by atoms with Crippen LogP contribution in [0.3, 0.4) is 0 Å². The zero-order chi connectivity index (χ0) is 13.1. The van der Waals surface area contributed by atoms with E-state index in [1.54, 1.807) is 12.1 Å². The molecule has 0 saturated heterocycles. The molecule has 0 bridgehead atoms. The summed E-state index contributed by atoms with van der Waals surface area (Å²) < 4.78 is 10.1. The molecule has 0 spiro atoms. The first-order valence-electron chi connectivity index (χ1n) is 5.68. The number of ether oxygens (including phenoxy) is 1. The standard InChI is InChI=1S/C11H12BO6/c1-17-8-3-2-5-6-4-7(6)12(15,16)18-10(5)9(8)11(13)14/h2-3,6-7,15-16H,4H2,1H3,(H,13,14)/q-1. The van der Waals surface area contributed by atoms with Crippen molar-refractivity contribution in [3.63, 3.8) is 0 Å². The van der Waals surface area contributed by atoms with Gasteiger partial charge in [-0.15, -0.1) is 0 Å². The lowest BCUT2D eigenvalue weighted by molar-refractivity contribution is 0.0689. The molecule has 18 heavy (non-hydrogen) atoms. The molecule has 6 nitrogen and oxygen atoms in total. The first-order chi connectivity index (χ1) is 8.45. The SMILES string of the molecule is COc1ccc2c(c1C(=O)O)O[B-](O)(O)C1CC21. The summed E-state index contributed by atoms with van der Waals surface area (Å²) in [6.07, 6.45) is 0.603. The fourth-order valence-electron chi connectivity index (χ4n) is 2.69. The molecule has 0 radical (unpaired) electrons. The topological polar surface area (TPSA) is 96.2 Å². The molecule has 2 atom stereocenters. The van der Waals surface area contributed by atoms with Crippen molar-refractivity contribution in [2.75, 3.05) is 7.11 Å². The van der Waals surface area contributed by atoms with Crippen molar-refractivity contribution in [2.45, 2.75) is 18.2 Å². The predicted molar refractivity (Wildman–Crippen MR) is 61.9 cm³/mol. The minimum absolute atomic E-state index is 0.0191. The van der Waals surface area contributed by atoms with Crippen LogP contribution >= 0.6 is 0 Å². The quantitative estimate of drug-likeness (QED) is 0.665. The second-order valence-corrected chi connectivity index (χ2v) is 4.75. The molecule has 1 saturated carbocycles. The second-order valence-electron chi connectivity index (χ2n) is 4.75. The molecule has 1 fully saturated rings. The Morgan fingerprint density at radius 2 is 2.22 bits per heavy atom. The number of aromatic carboxylic acids is 1. The minimum Gasteiger partial charge on any atom is -0.669 e. The fraction of sp³-hybridized carbons (Fsp3) is 0.364. The molecule has 1 aliphatic heterocycles. The maximum absolute atomic E-state index is 11.3. The molecule has 1 aromatic carbocycles. The highest BCUT2D eigenvalue weighted by Gasteiger charge is 2.55. The van der Waals surface area contributed by atoms with Gasteiger partial charge in [-0.2, -0.15) is 0 Å². The van der Waals surface area contributed by atoms with E-state index in [2.05, 4.69) is 0 Å². The molecular weight excluding hydrogens is 239 g/mol. The average Bonchev–Trinajstić information content (AvgIpc) is 3.07. The summed E-state index contributed by atoms with van der Waals surface area (Å²) in [5, 5.41) is 28.7. The summed E-state index contributed by atoms with van der Waals surface area (Å²) in [4.78, 5) is 11.3. The van der Waals surface area contributed by atoms with Gasteiger partial charge < -0.3 is 24.5 Å². The summed E-state index contributed by atoms with van der Waals surface area (Å²) in [6, 6.07) is 3.28. The minimum atomic E-state index is -2.97. The molecule has 1 aliphatic carbocycles. The zero-order valence-corrected chi connectivity index (χ0v) is 9.66. The highest BCUT2D eigenvalue weighted by Crippen LogP contribution is 2.63. The first-order valence-corrected chi connectivity index (χ1v) is 5.68. The maximum atomic E-state index is 11.3. The van der Waals surface area contributed by atoms with Crippen LogP contribution < -0.4 is 9.39 Å². The second kappa shape index (κ2) is 3.40. The highest BCUT2D eigenvalue weighted by molar-refractivity contribution is 6.62. The van der Waals surface area contributed by atoms with E-state index in [-0.39, 0.29) is 28.8 Å². The van der Waals surface area contributed by atoms with Crippen molar-refractivity contribution >= 4 is 12.7 Å².